The van der Waals surface area contributed by atoms with Gasteiger partial charge in [-0.15, -0.1) is 13.2 Å². The van der Waals surface area contributed by atoms with Gasteiger partial charge in [-0.2, -0.15) is 0 Å². The van der Waals surface area contributed by atoms with Gasteiger partial charge in [-0.05, 0) is 37.1 Å². The van der Waals surface area contributed by atoms with E-state index < -0.39 is 6.36 Å². The van der Waals surface area contributed by atoms with Gasteiger partial charge in [-0.25, -0.2) is 0 Å². The van der Waals surface area contributed by atoms with Crippen LogP contribution < -0.4 is 10.1 Å². The van der Waals surface area contributed by atoms with Gasteiger partial charge in [0.05, 0.1) is 0 Å². The summed E-state index contributed by atoms with van der Waals surface area (Å²) in [5.41, 5.74) is 0.839. The molecule has 0 aromatic heterocycles. The lowest BCUT2D eigenvalue weighted by Crippen LogP contribution is -2.19. The van der Waals surface area contributed by atoms with Gasteiger partial charge in [-0.3, -0.25) is 0 Å². The summed E-state index contributed by atoms with van der Waals surface area (Å²) in [6.07, 6.45) is -1.23. The van der Waals surface area contributed by atoms with Crippen molar-refractivity contribution in [3.8, 4) is 5.75 Å². The van der Waals surface area contributed by atoms with Crippen LogP contribution in [-0.4, -0.2) is 13.4 Å². The second-order valence-electron chi connectivity index (χ2n) is 4.64. The van der Waals surface area contributed by atoms with Crippen LogP contribution in [0.1, 0.15) is 30.9 Å². The Labute approximate surface area is 104 Å². The van der Waals surface area contributed by atoms with Crippen molar-refractivity contribution in [1.29, 1.82) is 0 Å². The quantitative estimate of drug-likeness (QED) is 0.871. The average molecular weight is 259 g/mol. The SMILES string of the molecule is CNC(CC1CC1)c1cccc(OC(F)(F)F)c1. The van der Waals surface area contributed by atoms with Gasteiger partial charge in [0.1, 0.15) is 5.75 Å². The van der Waals surface area contributed by atoms with Crippen molar-refractivity contribution in [1.82, 2.24) is 5.32 Å². The molecule has 100 valence electrons. The van der Waals surface area contributed by atoms with Gasteiger partial charge in [0.25, 0.3) is 0 Å². The van der Waals surface area contributed by atoms with E-state index in [2.05, 4.69) is 10.1 Å². The van der Waals surface area contributed by atoms with Crippen LogP contribution in [0.2, 0.25) is 0 Å². The van der Waals surface area contributed by atoms with E-state index in [1.807, 2.05) is 13.1 Å². The molecule has 1 fully saturated rings. The Kier molecular flexibility index (Phi) is 3.80. The van der Waals surface area contributed by atoms with Crippen molar-refractivity contribution in [3.63, 3.8) is 0 Å². The standard InChI is InChI=1S/C13H16F3NO/c1-17-12(7-9-5-6-9)10-3-2-4-11(8-10)18-13(14,15)16/h2-4,8-9,12,17H,5-7H2,1H3. The van der Waals surface area contributed by atoms with E-state index >= 15 is 0 Å². The van der Waals surface area contributed by atoms with E-state index in [9.17, 15) is 13.2 Å². The molecular formula is C13H16F3NO. The summed E-state index contributed by atoms with van der Waals surface area (Å²) in [4.78, 5) is 0. The highest BCUT2D eigenvalue weighted by Gasteiger charge is 2.31. The fourth-order valence-corrected chi connectivity index (χ4v) is 2.04. The molecule has 2 rings (SSSR count). The van der Waals surface area contributed by atoms with E-state index in [0.717, 1.165) is 12.0 Å². The molecule has 1 saturated carbocycles. The Morgan fingerprint density at radius 3 is 2.67 bits per heavy atom. The monoisotopic (exact) mass is 259 g/mol. The summed E-state index contributed by atoms with van der Waals surface area (Å²) in [7, 11) is 1.82. The van der Waals surface area contributed by atoms with Crippen LogP contribution in [0.4, 0.5) is 13.2 Å². The number of hydrogen-bond donors (Lipinski definition) is 1. The number of alkyl halides is 3. The third-order valence-corrected chi connectivity index (χ3v) is 3.11. The van der Waals surface area contributed by atoms with Crippen molar-refractivity contribution in [3.05, 3.63) is 29.8 Å². The number of ether oxygens (including phenoxy) is 1. The van der Waals surface area contributed by atoms with E-state index in [-0.39, 0.29) is 11.8 Å². The minimum absolute atomic E-state index is 0.0919. The molecule has 0 saturated heterocycles. The van der Waals surface area contributed by atoms with Crippen molar-refractivity contribution in [2.45, 2.75) is 31.7 Å². The normalized spacial score (nSPS) is 17.6. The van der Waals surface area contributed by atoms with Crippen molar-refractivity contribution in [2.24, 2.45) is 5.92 Å². The molecule has 0 amide bonds. The zero-order chi connectivity index (χ0) is 13.2. The number of halogens is 3. The lowest BCUT2D eigenvalue weighted by molar-refractivity contribution is -0.274. The molecule has 18 heavy (non-hydrogen) atoms. The number of hydrogen-bond acceptors (Lipinski definition) is 2. The predicted molar refractivity (Wildman–Crippen MR) is 62.3 cm³/mol. The molecule has 1 N–H and O–H groups in total. The van der Waals surface area contributed by atoms with Crippen LogP contribution in [0.25, 0.3) is 0 Å². The van der Waals surface area contributed by atoms with E-state index in [1.54, 1.807) is 6.07 Å². The second kappa shape index (κ2) is 5.18. The van der Waals surface area contributed by atoms with Crippen LogP contribution >= 0.6 is 0 Å². The number of rotatable bonds is 5. The fourth-order valence-electron chi connectivity index (χ4n) is 2.04. The Hall–Kier alpha value is -1.23. The van der Waals surface area contributed by atoms with Crippen molar-refractivity contribution < 1.29 is 17.9 Å². The molecule has 1 aromatic rings. The highest BCUT2D eigenvalue weighted by atomic mass is 19.4. The first-order chi connectivity index (χ1) is 8.48. The highest BCUT2D eigenvalue weighted by molar-refractivity contribution is 5.30. The van der Waals surface area contributed by atoms with Crippen LogP contribution in [-0.2, 0) is 0 Å². The molecule has 0 aliphatic heterocycles. The van der Waals surface area contributed by atoms with Gasteiger partial charge in [-0.1, -0.05) is 25.0 Å². The summed E-state index contributed by atoms with van der Waals surface area (Å²) in [5, 5.41) is 3.14. The summed E-state index contributed by atoms with van der Waals surface area (Å²) < 4.78 is 40.3. The third-order valence-electron chi connectivity index (χ3n) is 3.11. The molecule has 2 nitrogen and oxygen atoms in total. The van der Waals surface area contributed by atoms with Crippen LogP contribution in [0, 0.1) is 5.92 Å². The van der Waals surface area contributed by atoms with Crippen LogP contribution in [0.15, 0.2) is 24.3 Å². The largest absolute Gasteiger partial charge is 0.573 e. The van der Waals surface area contributed by atoms with Crippen LogP contribution in [0.3, 0.4) is 0 Å². The van der Waals surface area contributed by atoms with Crippen LogP contribution in [0.5, 0.6) is 5.75 Å². The minimum atomic E-state index is -4.63. The molecule has 1 aromatic carbocycles. The van der Waals surface area contributed by atoms with Gasteiger partial charge in [0.2, 0.25) is 0 Å². The van der Waals surface area contributed by atoms with Crippen molar-refractivity contribution >= 4 is 0 Å². The smallest absolute Gasteiger partial charge is 0.406 e. The molecule has 1 aliphatic carbocycles. The van der Waals surface area contributed by atoms with E-state index in [4.69, 9.17) is 0 Å². The van der Waals surface area contributed by atoms with Gasteiger partial charge in [0, 0.05) is 6.04 Å². The summed E-state index contributed by atoms with van der Waals surface area (Å²) in [5.74, 6) is 0.547. The first kappa shape index (κ1) is 13.2. The molecule has 0 radical (unpaired) electrons. The molecule has 0 spiro atoms. The topological polar surface area (TPSA) is 21.3 Å². The molecule has 5 heteroatoms. The lowest BCUT2D eigenvalue weighted by atomic mass is 10.0. The molecular weight excluding hydrogens is 243 g/mol. The summed E-state index contributed by atoms with van der Waals surface area (Å²) >= 11 is 0. The maximum atomic E-state index is 12.1. The minimum Gasteiger partial charge on any atom is -0.406 e. The first-order valence-corrected chi connectivity index (χ1v) is 6.01. The lowest BCUT2D eigenvalue weighted by Gasteiger charge is -2.17. The highest BCUT2D eigenvalue weighted by Crippen LogP contribution is 2.38. The molecule has 0 heterocycles. The number of nitrogens with one attached hydrogen (secondary N) is 1. The Morgan fingerprint density at radius 1 is 1.39 bits per heavy atom. The fraction of sp³-hybridized carbons (Fsp3) is 0.538. The second-order valence-corrected chi connectivity index (χ2v) is 4.64. The van der Waals surface area contributed by atoms with Crippen molar-refractivity contribution in [2.75, 3.05) is 7.05 Å². The van der Waals surface area contributed by atoms with E-state index in [1.165, 1.54) is 25.0 Å². The summed E-state index contributed by atoms with van der Waals surface area (Å²) in [6, 6.07) is 6.28. The molecule has 1 atom stereocenters. The zero-order valence-corrected chi connectivity index (χ0v) is 10.1. The van der Waals surface area contributed by atoms with E-state index in [0.29, 0.717) is 5.92 Å². The van der Waals surface area contributed by atoms with Gasteiger partial charge >= 0.3 is 6.36 Å². The molecule has 1 unspecified atom stereocenters. The molecule has 0 bridgehead atoms. The maximum Gasteiger partial charge on any atom is 0.573 e. The Bertz CT molecular complexity index is 401. The Morgan fingerprint density at radius 2 is 2.11 bits per heavy atom. The number of benzene rings is 1. The zero-order valence-electron chi connectivity index (χ0n) is 10.1. The predicted octanol–water partition coefficient (Wildman–Crippen LogP) is 3.65. The Balaban J connectivity index is 2.09. The first-order valence-electron chi connectivity index (χ1n) is 6.01. The average Bonchev–Trinajstić information content (AvgIpc) is 3.07. The molecule has 1 aliphatic rings. The van der Waals surface area contributed by atoms with Gasteiger partial charge < -0.3 is 10.1 Å². The maximum absolute atomic E-state index is 12.1. The van der Waals surface area contributed by atoms with Gasteiger partial charge in [0.15, 0.2) is 0 Å². The third kappa shape index (κ3) is 3.91. The summed E-state index contributed by atoms with van der Waals surface area (Å²) in [6.45, 7) is 0.